The maximum Gasteiger partial charge on any atom is 0.245 e. The summed E-state index contributed by atoms with van der Waals surface area (Å²) in [6, 6.07) is 2.24. The second kappa shape index (κ2) is 5.28. The Labute approximate surface area is 124 Å². The van der Waals surface area contributed by atoms with Crippen molar-refractivity contribution in [3.63, 3.8) is 0 Å². The van der Waals surface area contributed by atoms with Gasteiger partial charge < -0.3 is 10.2 Å². The summed E-state index contributed by atoms with van der Waals surface area (Å²) in [4.78, 5) is 6.66. The van der Waals surface area contributed by atoms with Crippen LogP contribution in [0.15, 0.2) is 6.07 Å². The summed E-state index contributed by atoms with van der Waals surface area (Å²) >= 11 is 13.4. The monoisotopic (exact) mass is 317 g/mol. The van der Waals surface area contributed by atoms with Crippen LogP contribution in [0.25, 0.3) is 11.4 Å². The molecule has 1 fully saturated rings. The lowest BCUT2D eigenvalue weighted by Gasteiger charge is -2.30. The maximum atomic E-state index is 6.12. The summed E-state index contributed by atoms with van der Waals surface area (Å²) in [6.07, 6.45) is 0. The molecule has 0 saturated carbocycles. The predicted molar refractivity (Wildman–Crippen MR) is 79.4 cm³/mol. The van der Waals surface area contributed by atoms with Gasteiger partial charge in [-0.3, -0.25) is 5.10 Å². The van der Waals surface area contributed by atoms with Crippen LogP contribution >= 0.6 is 34.5 Å². The fourth-order valence-electron chi connectivity index (χ4n) is 2.13. The van der Waals surface area contributed by atoms with Crippen LogP contribution in [0.3, 0.4) is 0 Å². The second-order valence-electron chi connectivity index (χ2n) is 4.52. The quantitative estimate of drug-likeness (QED) is 0.894. The standard InChI is InChI=1S/C11H13Cl2N5S/c1-6-5-18(3-2-14-6)11-15-10(16-17-11)7-4-8(12)19-9(7)13/h4,6,14H,2-3,5H2,1H3,(H,15,16,17). The van der Waals surface area contributed by atoms with Gasteiger partial charge in [0.15, 0.2) is 5.82 Å². The summed E-state index contributed by atoms with van der Waals surface area (Å²) in [5.41, 5.74) is 0.804. The van der Waals surface area contributed by atoms with Gasteiger partial charge in [0.1, 0.15) is 4.34 Å². The number of nitrogens with one attached hydrogen (secondary N) is 2. The highest BCUT2D eigenvalue weighted by atomic mass is 35.5. The Morgan fingerprint density at radius 2 is 2.32 bits per heavy atom. The smallest absolute Gasteiger partial charge is 0.245 e. The Balaban J connectivity index is 1.85. The van der Waals surface area contributed by atoms with E-state index in [0.717, 1.165) is 25.2 Å². The van der Waals surface area contributed by atoms with E-state index in [9.17, 15) is 0 Å². The first-order valence-electron chi connectivity index (χ1n) is 5.99. The topological polar surface area (TPSA) is 56.8 Å². The number of halogens is 2. The van der Waals surface area contributed by atoms with Crippen molar-refractivity contribution in [1.82, 2.24) is 20.5 Å². The predicted octanol–water partition coefficient (Wildman–Crippen LogP) is 2.64. The van der Waals surface area contributed by atoms with E-state index in [1.807, 2.05) is 0 Å². The largest absolute Gasteiger partial charge is 0.337 e. The van der Waals surface area contributed by atoms with Gasteiger partial charge in [0.25, 0.3) is 0 Å². The van der Waals surface area contributed by atoms with Crippen LogP contribution in [0.5, 0.6) is 0 Å². The van der Waals surface area contributed by atoms with Gasteiger partial charge in [-0.25, -0.2) is 0 Å². The van der Waals surface area contributed by atoms with E-state index in [1.54, 1.807) is 6.07 Å². The van der Waals surface area contributed by atoms with Gasteiger partial charge in [-0.1, -0.05) is 23.2 Å². The minimum Gasteiger partial charge on any atom is -0.337 e. The first-order chi connectivity index (χ1) is 9.13. The van der Waals surface area contributed by atoms with Gasteiger partial charge in [0.05, 0.1) is 4.34 Å². The van der Waals surface area contributed by atoms with Gasteiger partial charge in [-0.15, -0.1) is 16.4 Å². The number of hydrogen-bond donors (Lipinski definition) is 2. The molecule has 2 aromatic rings. The first-order valence-corrected chi connectivity index (χ1v) is 7.56. The Hall–Kier alpha value is -0.820. The van der Waals surface area contributed by atoms with Crippen LogP contribution in [0.1, 0.15) is 6.92 Å². The molecule has 0 bridgehead atoms. The molecule has 2 aromatic heterocycles. The normalized spacial score (nSPS) is 19.9. The second-order valence-corrected chi connectivity index (χ2v) is 6.81. The van der Waals surface area contributed by atoms with E-state index < -0.39 is 0 Å². The van der Waals surface area contributed by atoms with Crippen LogP contribution in [0, 0.1) is 0 Å². The Morgan fingerprint density at radius 3 is 3.00 bits per heavy atom. The van der Waals surface area contributed by atoms with E-state index in [4.69, 9.17) is 23.2 Å². The van der Waals surface area contributed by atoms with Gasteiger partial charge in [0.2, 0.25) is 5.95 Å². The zero-order valence-electron chi connectivity index (χ0n) is 10.3. The van der Waals surface area contributed by atoms with Crippen LogP contribution < -0.4 is 10.2 Å². The molecule has 1 aliphatic heterocycles. The molecule has 19 heavy (non-hydrogen) atoms. The Morgan fingerprint density at radius 1 is 1.47 bits per heavy atom. The number of H-pyrrole nitrogens is 1. The van der Waals surface area contributed by atoms with Crippen molar-refractivity contribution < 1.29 is 0 Å². The molecule has 3 heterocycles. The highest BCUT2D eigenvalue weighted by Crippen LogP contribution is 2.36. The molecule has 0 radical (unpaired) electrons. The van der Waals surface area contributed by atoms with Crippen molar-refractivity contribution in [2.75, 3.05) is 24.5 Å². The summed E-state index contributed by atoms with van der Waals surface area (Å²) < 4.78 is 1.27. The zero-order chi connectivity index (χ0) is 13.4. The fraction of sp³-hybridized carbons (Fsp3) is 0.455. The number of aromatic amines is 1. The minimum absolute atomic E-state index is 0.440. The third-order valence-electron chi connectivity index (χ3n) is 3.04. The number of anilines is 1. The molecule has 5 nitrogen and oxygen atoms in total. The molecule has 0 aromatic carbocycles. The van der Waals surface area contributed by atoms with Crippen molar-refractivity contribution >= 4 is 40.5 Å². The SMILES string of the molecule is CC1CN(c2n[nH]c(-c3cc(Cl)sc3Cl)n2)CCN1. The molecule has 0 spiro atoms. The van der Waals surface area contributed by atoms with Crippen molar-refractivity contribution in [1.29, 1.82) is 0 Å². The highest BCUT2D eigenvalue weighted by molar-refractivity contribution is 7.20. The molecule has 8 heteroatoms. The molecule has 1 atom stereocenters. The molecular formula is C11H13Cl2N5S. The van der Waals surface area contributed by atoms with Gasteiger partial charge >= 0.3 is 0 Å². The molecule has 1 saturated heterocycles. The average molecular weight is 318 g/mol. The number of hydrogen-bond acceptors (Lipinski definition) is 5. The molecule has 2 N–H and O–H groups in total. The molecule has 1 aliphatic rings. The van der Waals surface area contributed by atoms with Crippen LogP contribution in [-0.4, -0.2) is 40.9 Å². The lowest BCUT2D eigenvalue weighted by molar-refractivity contribution is 0.480. The van der Waals surface area contributed by atoms with E-state index in [2.05, 4.69) is 32.3 Å². The van der Waals surface area contributed by atoms with Crippen molar-refractivity contribution in [2.45, 2.75) is 13.0 Å². The number of aromatic nitrogens is 3. The number of piperazine rings is 1. The Bertz CT molecular complexity index is 581. The van der Waals surface area contributed by atoms with Crippen molar-refractivity contribution in [3.8, 4) is 11.4 Å². The van der Waals surface area contributed by atoms with Crippen LogP contribution in [-0.2, 0) is 0 Å². The lowest BCUT2D eigenvalue weighted by atomic mass is 10.2. The first kappa shape index (κ1) is 13.2. The third-order valence-corrected chi connectivity index (χ3v) is 4.52. The van der Waals surface area contributed by atoms with Crippen molar-refractivity contribution in [3.05, 3.63) is 14.7 Å². The highest BCUT2D eigenvalue weighted by Gasteiger charge is 2.20. The van der Waals surface area contributed by atoms with Crippen LogP contribution in [0.4, 0.5) is 5.95 Å². The number of rotatable bonds is 2. The van der Waals surface area contributed by atoms with Crippen molar-refractivity contribution in [2.24, 2.45) is 0 Å². The zero-order valence-corrected chi connectivity index (χ0v) is 12.6. The molecular weight excluding hydrogens is 305 g/mol. The molecule has 0 aliphatic carbocycles. The molecule has 102 valence electrons. The van der Waals surface area contributed by atoms with Gasteiger partial charge in [0, 0.05) is 31.2 Å². The van der Waals surface area contributed by atoms with Gasteiger partial charge in [-0.2, -0.15) is 4.98 Å². The van der Waals surface area contributed by atoms with Gasteiger partial charge in [-0.05, 0) is 13.0 Å². The Kier molecular flexibility index (Phi) is 3.66. The number of nitrogens with zero attached hydrogens (tertiary/aromatic N) is 3. The summed E-state index contributed by atoms with van der Waals surface area (Å²) in [7, 11) is 0. The molecule has 0 amide bonds. The summed E-state index contributed by atoms with van der Waals surface area (Å²) in [6.45, 7) is 4.89. The molecule has 1 unspecified atom stereocenters. The average Bonchev–Trinajstić information content (AvgIpc) is 2.96. The number of thiophene rings is 1. The minimum atomic E-state index is 0.440. The fourth-order valence-corrected chi connectivity index (χ4v) is 3.60. The summed E-state index contributed by atoms with van der Waals surface area (Å²) in [5, 5.41) is 10.6. The van der Waals surface area contributed by atoms with E-state index >= 15 is 0 Å². The van der Waals surface area contributed by atoms with E-state index in [1.165, 1.54) is 11.3 Å². The van der Waals surface area contributed by atoms with E-state index in [0.29, 0.717) is 26.5 Å². The third kappa shape index (κ3) is 2.72. The lowest BCUT2D eigenvalue weighted by Crippen LogP contribution is -2.49. The van der Waals surface area contributed by atoms with Crippen LogP contribution in [0.2, 0.25) is 8.67 Å². The maximum absolute atomic E-state index is 6.12. The molecule has 3 rings (SSSR count). The summed E-state index contributed by atoms with van der Waals surface area (Å²) in [5.74, 6) is 1.37. The van der Waals surface area contributed by atoms with E-state index in [-0.39, 0.29) is 0 Å².